The minimum atomic E-state index is -4.62. The van der Waals surface area contributed by atoms with Crippen LogP contribution in [0, 0.1) is 0 Å². The molecule has 5 nitrogen and oxygen atoms in total. The average Bonchev–Trinajstić information content (AvgIpc) is 2.77. The van der Waals surface area contributed by atoms with Crippen molar-refractivity contribution in [3.8, 4) is 11.4 Å². The van der Waals surface area contributed by atoms with Crippen LogP contribution in [0.3, 0.4) is 0 Å². The maximum Gasteiger partial charge on any atom is 0.522 e. The van der Waals surface area contributed by atoms with Crippen molar-refractivity contribution in [3.63, 3.8) is 0 Å². The molecule has 1 aromatic carbocycles. The Morgan fingerprint density at radius 3 is 2.53 bits per heavy atom. The van der Waals surface area contributed by atoms with E-state index in [2.05, 4.69) is 14.8 Å². The van der Waals surface area contributed by atoms with E-state index < -0.39 is 13.0 Å². The third-order valence-electron chi connectivity index (χ3n) is 2.29. The van der Waals surface area contributed by atoms with Crippen molar-refractivity contribution >= 4 is 5.69 Å². The van der Waals surface area contributed by atoms with Crippen LogP contribution in [-0.2, 0) is 11.3 Å². The highest BCUT2D eigenvalue weighted by atomic mass is 19.4. The minimum absolute atomic E-state index is 0.0263. The topological polar surface area (TPSA) is 66.0 Å². The largest absolute Gasteiger partial charge is 0.522 e. The van der Waals surface area contributed by atoms with E-state index >= 15 is 0 Å². The summed E-state index contributed by atoms with van der Waals surface area (Å²) in [5.41, 5.74) is 6.90. The summed E-state index contributed by atoms with van der Waals surface area (Å²) in [4.78, 5) is 4.01. The number of nitrogens with two attached hydrogens (primary N) is 1. The van der Waals surface area contributed by atoms with Crippen molar-refractivity contribution in [2.24, 2.45) is 0 Å². The molecule has 0 radical (unpaired) electrons. The molecule has 0 saturated heterocycles. The Morgan fingerprint density at radius 1 is 1.21 bits per heavy atom. The zero-order valence-corrected chi connectivity index (χ0v) is 9.76. The summed E-state index contributed by atoms with van der Waals surface area (Å²) in [6.07, 6.45) is -3.27. The second-order valence-electron chi connectivity index (χ2n) is 3.75. The van der Waals surface area contributed by atoms with Gasteiger partial charge in [-0.1, -0.05) is 0 Å². The number of hydrogen-bond donors (Lipinski definition) is 1. The van der Waals surface area contributed by atoms with Gasteiger partial charge in [-0.05, 0) is 24.3 Å². The molecule has 0 fully saturated rings. The highest BCUT2D eigenvalue weighted by Crippen LogP contribution is 2.17. The molecular formula is C11H11F3N4O. The highest BCUT2D eigenvalue weighted by molar-refractivity contribution is 5.57. The fraction of sp³-hybridized carbons (Fsp3) is 0.273. The first-order valence-corrected chi connectivity index (χ1v) is 5.40. The van der Waals surface area contributed by atoms with Crippen LogP contribution in [0.2, 0.25) is 0 Å². The molecule has 0 aliphatic rings. The number of nitrogens with zero attached hydrogens (tertiary/aromatic N) is 3. The summed E-state index contributed by atoms with van der Waals surface area (Å²) in [7, 11) is 0. The summed E-state index contributed by atoms with van der Waals surface area (Å²) in [6.45, 7) is -0.532. The van der Waals surface area contributed by atoms with E-state index in [1.165, 1.54) is 11.0 Å². The summed E-state index contributed by atoms with van der Waals surface area (Å²) < 4.78 is 40.3. The summed E-state index contributed by atoms with van der Waals surface area (Å²) >= 11 is 0. The van der Waals surface area contributed by atoms with Crippen molar-refractivity contribution in [2.45, 2.75) is 12.9 Å². The first-order valence-electron chi connectivity index (χ1n) is 5.40. The zero-order chi connectivity index (χ0) is 13.9. The van der Waals surface area contributed by atoms with Gasteiger partial charge in [-0.15, -0.1) is 13.2 Å². The van der Waals surface area contributed by atoms with Crippen LogP contribution >= 0.6 is 0 Å². The van der Waals surface area contributed by atoms with Gasteiger partial charge in [-0.3, -0.25) is 4.74 Å². The lowest BCUT2D eigenvalue weighted by molar-refractivity contribution is -0.325. The Hall–Kier alpha value is -2.09. The molecule has 0 saturated carbocycles. The predicted octanol–water partition coefficient (Wildman–Crippen LogP) is 2.06. The van der Waals surface area contributed by atoms with E-state index in [9.17, 15) is 13.2 Å². The number of rotatable bonds is 4. The molecule has 2 aromatic rings. The second kappa shape index (κ2) is 5.27. The molecule has 8 heteroatoms. The van der Waals surface area contributed by atoms with Gasteiger partial charge in [-0.25, -0.2) is 9.67 Å². The molecule has 1 heterocycles. The fourth-order valence-electron chi connectivity index (χ4n) is 1.42. The fourth-order valence-corrected chi connectivity index (χ4v) is 1.42. The molecule has 0 spiro atoms. The van der Waals surface area contributed by atoms with Gasteiger partial charge in [0.1, 0.15) is 6.33 Å². The molecule has 0 unspecified atom stereocenters. The molecule has 1 aromatic heterocycles. The Balaban J connectivity index is 1.97. The maximum atomic E-state index is 11.8. The van der Waals surface area contributed by atoms with Crippen LogP contribution in [0.1, 0.15) is 0 Å². The highest BCUT2D eigenvalue weighted by Gasteiger charge is 2.28. The van der Waals surface area contributed by atoms with Crippen molar-refractivity contribution in [1.29, 1.82) is 0 Å². The van der Waals surface area contributed by atoms with E-state index in [4.69, 9.17) is 5.73 Å². The number of alkyl halides is 3. The van der Waals surface area contributed by atoms with E-state index in [-0.39, 0.29) is 6.54 Å². The predicted molar refractivity (Wildman–Crippen MR) is 61.9 cm³/mol. The molecule has 2 rings (SSSR count). The summed E-state index contributed by atoms with van der Waals surface area (Å²) in [5, 5.41) is 4.05. The molecule has 0 atom stereocenters. The van der Waals surface area contributed by atoms with Gasteiger partial charge in [0.2, 0.25) is 0 Å². The van der Waals surface area contributed by atoms with E-state index in [1.54, 1.807) is 24.3 Å². The normalized spacial score (nSPS) is 11.7. The number of nitrogen functional groups attached to an aromatic ring is 1. The lowest BCUT2D eigenvalue weighted by atomic mass is 10.2. The van der Waals surface area contributed by atoms with Gasteiger partial charge >= 0.3 is 6.36 Å². The molecule has 0 amide bonds. The van der Waals surface area contributed by atoms with Crippen LogP contribution in [-0.4, -0.2) is 27.7 Å². The van der Waals surface area contributed by atoms with E-state index in [0.29, 0.717) is 11.5 Å². The maximum absolute atomic E-state index is 11.8. The Labute approximate surface area is 106 Å². The third kappa shape index (κ3) is 3.95. The van der Waals surface area contributed by atoms with Gasteiger partial charge in [0.05, 0.1) is 13.2 Å². The lowest BCUT2D eigenvalue weighted by Gasteiger charge is -2.06. The van der Waals surface area contributed by atoms with Crippen molar-refractivity contribution < 1.29 is 17.9 Å². The first-order chi connectivity index (χ1) is 8.94. The molecule has 19 heavy (non-hydrogen) atoms. The SMILES string of the molecule is Nc1ccc(-c2ncn(CCOC(F)(F)F)n2)cc1. The zero-order valence-electron chi connectivity index (χ0n) is 9.76. The quantitative estimate of drug-likeness (QED) is 0.865. The van der Waals surface area contributed by atoms with E-state index in [0.717, 1.165) is 5.56 Å². The minimum Gasteiger partial charge on any atom is -0.399 e. The van der Waals surface area contributed by atoms with Crippen molar-refractivity contribution in [3.05, 3.63) is 30.6 Å². The first kappa shape index (κ1) is 13.3. The van der Waals surface area contributed by atoms with E-state index in [1.807, 2.05) is 0 Å². The second-order valence-corrected chi connectivity index (χ2v) is 3.75. The number of halogens is 3. The smallest absolute Gasteiger partial charge is 0.399 e. The molecule has 0 bridgehead atoms. The monoisotopic (exact) mass is 272 g/mol. The van der Waals surface area contributed by atoms with Gasteiger partial charge in [0, 0.05) is 11.3 Å². The lowest BCUT2D eigenvalue weighted by Crippen LogP contribution is -2.17. The molecule has 2 N–H and O–H groups in total. The molecule has 0 aliphatic heterocycles. The third-order valence-corrected chi connectivity index (χ3v) is 2.29. The summed E-state index contributed by atoms with van der Waals surface area (Å²) in [5.74, 6) is 0.423. The molecule has 102 valence electrons. The standard InChI is InChI=1S/C11H11F3N4O/c12-11(13,14)19-6-5-18-7-16-10(17-18)8-1-3-9(15)4-2-8/h1-4,7H,5-6,15H2. The number of ether oxygens (including phenoxy) is 1. The number of anilines is 1. The van der Waals surface area contributed by atoms with Crippen molar-refractivity contribution in [2.75, 3.05) is 12.3 Å². The van der Waals surface area contributed by atoms with Crippen LogP contribution in [0.5, 0.6) is 0 Å². The Kier molecular flexibility index (Phi) is 3.70. The number of aromatic nitrogens is 3. The average molecular weight is 272 g/mol. The van der Waals surface area contributed by atoms with Gasteiger partial charge in [-0.2, -0.15) is 5.10 Å². The summed E-state index contributed by atoms with van der Waals surface area (Å²) in [6, 6.07) is 6.87. The van der Waals surface area contributed by atoms with Crippen LogP contribution in [0.25, 0.3) is 11.4 Å². The molecular weight excluding hydrogens is 261 g/mol. The van der Waals surface area contributed by atoms with Crippen LogP contribution in [0.4, 0.5) is 18.9 Å². The number of benzene rings is 1. The number of hydrogen-bond acceptors (Lipinski definition) is 4. The Morgan fingerprint density at radius 2 is 1.89 bits per heavy atom. The molecule has 0 aliphatic carbocycles. The van der Waals surface area contributed by atoms with Gasteiger partial charge in [0.25, 0.3) is 0 Å². The van der Waals surface area contributed by atoms with Crippen molar-refractivity contribution in [1.82, 2.24) is 14.8 Å². The van der Waals surface area contributed by atoms with Gasteiger partial charge < -0.3 is 5.73 Å². The van der Waals surface area contributed by atoms with Gasteiger partial charge in [0.15, 0.2) is 5.82 Å². The van der Waals surface area contributed by atoms with Crippen LogP contribution in [0.15, 0.2) is 30.6 Å². The van der Waals surface area contributed by atoms with Crippen LogP contribution < -0.4 is 5.73 Å². The Bertz CT molecular complexity index is 536.